The third kappa shape index (κ3) is 2.78. The Balaban J connectivity index is 2.44. The second-order valence-corrected chi connectivity index (χ2v) is 5.26. The molecule has 0 fully saturated rings. The molecule has 0 amide bonds. The number of benzene rings is 2. The lowest BCUT2D eigenvalue weighted by Gasteiger charge is -2.15. The Morgan fingerprint density at radius 1 is 1.12 bits per heavy atom. The van der Waals surface area contributed by atoms with E-state index in [1.165, 1.54) is 6.07 Å². The average molecular weight is 362 g/mol. The monoisotopic (exact) mass is 361 g/mol. The van der Waals surface area contributed by atoms with E-state index in [0.717, 1.165) is 9.13 Å². The molecule has 0 saturated heterocycles. The minimum atomic E-state index is -0.472. The Labute approximate surface area is 118 Å². The van der Waals surface area contributed by atoms with Crippen molar-refractivity contribution in [2.24, 2.45) is 5.73 Å². The molecule has 1 atom stereocenters. The van der Waals surface area contributed by atoms with Gasteiger partial charge in [-0.05, 0) is 46.4 Å². The fourth-order valence-corrected chi connectivity index (χ4v) is 2.53. The van der Waals surface area contributed by atoms with E-state index < -0.39 is 6.04 Å². The molecule has 17 heavy (non-hydrogen) atoms. The van der Waals surface area contributed by atoms with Crippen LogP contribution >= 0.6 is 34.2 Å². The van der Waals surface area contributed by atoms with Gasteiger partial charge < -0.3 is 5.73 Å². The van der Waals surface area contributed by atoms with Crippen molar-refractivity contribution >= 4 is 34.2 Å². The van der Waals surface area contributed by atoms with Crippen LogP contribution in [0.1, 0.15) is 17.2 Å². The highest BCUT2D eigenvalue weighted by Gasteiger charge is 2.15. The highest BCUT2D eigenvalue weighted by Crippen LogP contribution is 2.27. The van der Waals surface area contributed by atoms with Gasteiger partial charge in [-0.15, -0.1) is 0 Å². The van der Waals surface area contributed by atoms with Crippen LogP contribution in [0.5, 0.6) is 0 Å². The van der Waals surface area contributed by atoms with Gasteiger partial charge in [0.25, 0.3) is 0 Å². The van der Waals surface area contributed by atoms with Crippen LogP contribution in [0.25, 0.3) is 0 Å². The van der Waals surface area contributed by atoms with Gasteiger partial charge in [-0.1, -0.05) is 35.9 Å². The number of halogens is 3. The van der Waals surface area contributed by atoms with Gasteiger partial charge in [0.15, 0.2) is 0 Å². The molecule has 0 radical (unpaired) electrons. The average Bonchev–Trinajstić information content (AvgIpc) is 2.29. The molecule has 2 rings (SSSR count). The summed E-state index contributed by atoms with van der Waals surface area (Å²) >= 11 is 7.91. The van der Waals surface area contributed by atoms with Crippen molar-refractivity contribution in [3.8, 4) is 0 Å². The summed E-state index contributed by atoms with van der Waals surface area (Å²) in [6, 6.07) is 11.8. The summed E-state index contributed by atoms with van der Waals surface area (Å²) in [5, 5.41) is 0.376. The first-order chi connectivity index (χ1) is 8.09. The molecular weight excluding hydrogens is 352 g/mol. The van der Waals surface area contributed by atoms with Crippen LogP contribution in [0.3, 0.4) is 0 Å². The van der Waals surface area contributed by atoms with E-state index in [4.69, 9.17) is 17.3 Å². The molecule has 2 aromatic carbocycles. The van der Waals surface area contributed by atoms with Gasteiger partial charge in [0.1, 0.15) is 5.82 Å². The van der Waals surface area contributed by atoms with Crippen molar-refractivity contribution in [2.75, 3.05) is 0 Å². The van der Waals surface area contributed by atoms with E-state index >= 15 is 0 Å². The fourth-order valence-electron chi connectivity index (χ4n) is 1.65. The standard InChI is InChI=1S/C13H10ClFIN/c14-8-5-6-9(11(15)7-8)13(17)10-3-1-2-4-12(10)16/h1-7,13H,17H2. The summed E-state index contributed by atoms with van der Waals surface area (Å²) in [5.41, 5.74) is 7.45. The molecular formula is C13H10ClFIN. The Kier molecular flexibility index (Phi) is 4.01. The van der Waals surface area contributed by atoms with Gasteiger partial charge in [-0.2, -0.15) is 0 Å². The van der Waals surface area contributed by atoms with E-state index in [-0.39, 0.29) is 5.82 Å². The highest BCUT2D eigenvalue weighted by atomic mass is 127. The lowest BCUT2D eigenvalue weighted by molar-refractivity contribution is 0.599. The SMILES string of the molecule is NC(c1ccc(Cl)cc1F)c1ccccc1I. The first-order valence-electron chi connectivity index (χ1n) is 5.04. The van der Waals surface area contributed by atoms with E-state index in [1.807, 2.05) is 24.3 Å². The number of nitrogens with two attached hydrogens (primary N) is 1. The minimum absolute atomic E-state index is 0.371. The normalized spacial score (nSPS) is 12.5. The van der Waals surface area contributed by atoms with Crippen LogP contribution in [-0.4, -0.2) is 0 Å². The molecule has 0 heterocycles. The van der Waals surface area contributed by atoms with Gasteiger partial charge in [0, 0.05) is 14.2 Å². The quantitative estimate of drug-likeness (QED) is 0.800. The molecule has 0 aliphatic heterocycles. The summed E-state index contributed by atoms with van der Waals surface area (Å²) in [7, 11) is 0. The topological polar surface area (TPSA) is 26.0 Å². The molecule has 0 aromatic heterocycles. The maximum atomic E-state index is 13.8. The first-order valence-corrected chi connectivity index (χ1v) is 6.50. The van der Waals surface area contributed by atoms with E-state index in [1.54, 1.807) is 12.1 Å². The molecule has 0 saturated carbocycles. The van der Waals surface area contributed by atoms with Crippen molar-refractivity contribution < 1.29 is 4.39 Å². The zero-order valence-corrected chi connectivity index (χ0v) is 11.7. The Hall–Kier alpha value is -0.650. The smallest absolute Gasteiger partial charge is 0.129 e. The maximum absolute atomic E-state index is 13.8. The van der Waals surface area contributed by atoms with E-state index in [0.29, 0.717) is 10.6 Å². The Morgan fingerprint density at radius 2 is 1.82 bits per heavy atom. The van der Waals surface area contributed by atoms with Gasteiger partial charge in [0.2, 0.25) is 0 Å². The summed E-state index contributed by atoms with van der Waals surface area (Å²) in [6.07, 6.45) is 0. The summed E-state index contributed by atoms with van der Waals surface area (Å²) in [5.74, 6) is -0.371. The summed E-state index contributed by atoms with van der Waals surface area (Å²) in [4.78, 5) is 0. The summed E-state index contributed by atoms with van der Waals surface area (Å²) < 4.78 is 14.8. The van der Waals surface area contributed by atoms with Crippen LogP contribution < -0.4 is 5.73 Å². The first kappa shape index (κ1) is 12.8. The predicted octanol–water partition coefficient (Wildman–Crippen LogP) is 4.13. The zero-order chi connectivity index (χ0) is 12.4. The predicted molar refractivity (Wildman–Crippen MR) is 76.6 cm³/mol. The molecule has 0 aliphatic rings. The van der Waals surface area contributed by atoms with E-state index in [2.05, 4.69) is 22.6 Å². The Morgan fingerprint density at radius 3 is 2.47 bits per heavy atom. The van der Waals surface area contributed by atoms with Gasteiger partial charge in [0.05, 0.1) is 6.04 Å². The van der Waals surface area contributed by atoms with Gasteiger partial charge in [-0.25, -0.2) is 4.39 Å². The van der Waals surface area contributed by atoms with Crippen molar-refractivity contribution in [2.45, 2.75) is 6.04 Å². The van der Waals surface area contributed by atoms with Crippen molar-refractivity contribution in [3.05, 3.63) is 68.0 Å². The van der Waals surface area contributed by atoms with Gasteiger partial charge in [-0.3, -0.25) is 0 Å². The van der Waals surface area contributed by atoms with Crippen molar-refractivity contribution in [3.63, 3.8) is 0 Å². The lowest BCUT2D eigenvalue weighted by Crippen LogP contribution is -2.14. The second-order valence-electron chi connectivity index (χ2n) is 3.67. The largest absolute Gasteiger partial charge is 0.320 e. The number of hydrogen-bond donors (Lipinski definition) is 1. The fraction of sp³-hybridized carbons (Fsp3) is 0.0769. The lowest BCUT2D eigenvalue weighted by atomic mass is 9.99. The number of hydrogen-bond acceptors (Lipinski definition) is 1. The number of rotatable bonds is 2. The third-order valence-electron chi connectivity index (χ3n) is 2.54. The van der Waals surface area contributed by atoms with Crippen molar-refractivity contribution in [1.82, 2.24) is 0 Å². The molecule has 2 N–H and O–H groups in total. The third-order valence-corrected chi connectivity index (χ3v) is 3.76. The molecule has 2 aromatic rings. The van der Waals surface area contributed by atoms with Gasteiger partial charge >= 0.3 is 0 Å². The highest BCUT2D eigenvalue weighted by molar-refractivity contribution is 14.1. The molecule has 88 valence electrons. The Bertz CT molecular complexity index is 545. The van der Waals surface area contributed by atoms with Crippen molar-refractivity contribution in [1.29, 1.82) is 0 Å². The van der Waals surface area contributed by atoms with Crippen LogP contribution in [0.4, 0.5) is 4.39 Å². The maximum Gasteiger partial charge on any atom is 0.129 e. The molecule has 1 unspecified atom stereocenters. The molecule has 0 spiro atoms. The molecule has 1 nitrogen and oxygen atoms in total. The summed E-state index contributed by atoms with van der Waals surface area (Å²) in [6.45, 7) is 0. The molecule has 0 bridgehead atoms. The van der Waals surface area contributed by atoms with E-state index in [9.17, 15) is 4.39 Å². The minimum Gasteiger partial charge on any atom is -0.320 e. The van der Waals surface area contributed by atoms with Crippen LogP contribution in [0, 0.1) is 9.39 Å². The van der Waals surface area contributed by atoms with Crippen LogP contribution in [0.15, 0.2) is 42.5 Å². The second kappa shape index (κ2) is 5.33. The zero-order valence-electron chi connectivity index (χ0n) is 8.83. The molecule has 0 aliphatic carbocycles. The molecule has 4 heteroatoms. The van der Waals surface area contributed by atoms with Crippen LogP contribution in [0.2, 0.25) is 5.02 Å². The van der Waals surface area contributed by atoms with Crippen LogP contribution in [-0.2, 0) is 0 Å².